The molecule has 4 heteroatoms. The summed E-state index contributed by atoms with van der Waals surface area (Å²) in [6.45, 7) is 6.60. The zero-order valence-corrected chi connectivity index (χ0v) is 14.9. The highest BCUT2D eigenvalue weighted by molar-refractivity contribution is 7.11. The van der Waals surface area contributed by atoms with Crippen molar-refractivity contribution in [1.82, 2.24) is 15.1 Å². The lowest BCUT2D eigenvalue weighted by molar-refractivity contribution is 0.0261. The zero-order valence-electron chi connectivity index (χ0n) is 14.1. The molecule has 1 aromatic heterocycles. The fourth-order valence-electron chi connectivity index (χ4n) is 3.15. The summed E-state index contributed by atoms with van der Waals surface area (Å²) in [6, 6.07) is 4.58. The lowest BCUT2D eigenvalue weighted by atomic mass is 9.75. The number of thiophene rings is 1. The highest BCUT2D eigenvalue weighted by Crippen LogP contribution is 2.37. The molecular weight excluding hydrogens is 278 g/mol. The van der Waals surface area contributed by atoms with Crippen LogP contribution in [0.2, 0.25) is 0 Å². The molecule has 1 heterocycles. The molecule has 120 valence electrons. The van der Waals surface area contributed by atoms with Crippen LogP contribution >= 0.6 is 11.3 Å². The Hall–Kier alpha value is -0.420. The average Bonchev–Trinajstić information content (AvgIpc) is 2.81. The molecule has 2 rings (SSSR count). The van der Waals surface area contributed by atoms with Gasteiger partial charge in [0, 0.05) is 34.9 Å². The molecule has 1 aliphatic rings. The molecule has 0 unspecified atom stereocenters. The predicted molar refractivity (Wildman–Crippen MR) is 92.9 cm³/mol. The SMILES string of the molecule is CCCNCc1ccc(CN(C)CC2(N(C)C)CCC2)s1. The molecule has 0 aromatic carbocycles. The Balaban J connectivity index is 1.81. The molecule has 0 atom stereocenters. The maximum Gasteiger partial charge on any atom is 0.0330 e. The lowest BCUT2D eigenvalue weighted by Gasteiger charge is -2.49. The number of hydrogen-bond acceptors (Lipinski definition) is 4. The summed E-state index contributed by atoms with van der Waals surface area (Å²) >= 11 is 1.95. The van der Waals surface area contributed by atoms with Crippen LogP contribution in [0.1, 0.15) is 42.4 Å². The molecule has 0 amide bonds. The third-order valence-corrected chi connectivity index (χ3v) is 5.74. The first-order valence-electron chi connectivity index (χ1n) is 8.20. The summed E-state index contributed by atoms with van der Waals surface area (Å²) in [7, 11) is 6.73. The van der Waals surface area contributed by atoms with E-state index in [1.807, 2.05) is 11.3 Å². The average molecular weight is 310 g/mol. The maximum atomic E-state index is 3.48. The van der Waals surface area contributed by atoms with E-state index in [1.165, 1.54) is 42.0 Å². The van der Waals surface area contributed by atoms with Crippen molar-refractivity contribution in [1.29, 1.82) is 0 Å². The van der Waals surface area contributed by atoms with Gasteiger partial charge in [0.25, 0.3) is 0 Å². The van der Waals surface area contributed by atoms with E-state index >= 15 is 0 Å². The van der Waals surface area contributed by atoms with Crippen molar-refractivity contribution in [3.63, 3.8) is 0 Å². The van der Waals surface area contributed by atoms with E-state index in [-0.39, 0.29) is 0 Å². The third-order valence-electron chi connectivity index (χ3n) is 4.67. The van der Waals surface area contributed by atoms with Gasteiger partial charge in [-0.15, -0.1) is 11.3 Å². The van der Waals surface area contributed by atoms with Crippen LogP contribution in [0.5, 0.6) is 0 Å². The smallest absolute Gasteiger partial charge is 0.0330 e. The Morgan fingerprint density at radius 3 is 2.48 bits per heavy atom. The molecule has 0 aliphatic heterocycles. The molecule has 0 saturated heterocycles. The molecule has 0 spiro atoms. The van der Waals surface area contributed by atoms with E-state index < -0.39 is 0 Å². The van der Waals surface area contributed by atoms with Gasteiger partial charge in [-0.3, -0.25) is 4.90 Å². The molecule has 0 bridgehead atoms. The fraction of sp³-hybridized carbons (Fsp3) is 0.765. The number of hydrogen-bond donors (Lipinski definition) is 1. The van der Waals surface area contributed by atoms with Gasteiger partial charge >= 0.3 is 0 Å². The minimum Gasteiger partial charge on any atom is -0.312 e. The van der Waals surface area contributed by atoms with Gasteiger partial charge in [0.15, 0.2) is 0 Å². The van der Waals surface area contributed by atoms with Gasteiger partial charge in [-0.25, -0.2) is 0 Å². The Labute approximate surface area is 134 Å². The molecule has 0 radical (unpaired) electrons. The highest BCUT2D eigenvalue weighted by atomic mass is 32.1. The van der Waals surface area contributed by atoms with Crippen LogP contribution in [0.4, 0.5) is 0 Å². The van der Waals surface area contributed by atoms with Crippen molar-refractivity contribution < 1.29 is 0 Å². The summed E-state index contributed by atoms with van der Waals surface area (Å²) in [5, 5.41) is 3.48. The second-order valence-corrected chi connectivity index (χ2v) is 7.94. The van der Waals surface area contributed by atoms with Gasteiger partial charge in [-0.2, -0.15) is 0 Å². The van der Waals surface area contributed by atoms with E-state index in [0.29, 0.717) is 5.54 Å². The van der Waals surface area contributed by atoms with Gasteiger partial charge in [-0.05, 0) is 65.5 Å². The van der Waals surface area contributed by atoms with Crippen molar-refractivity contribution in [3.05, 3.63) is 21.9 Å². The minimum atomic E-state index is 0.428. The van der Waals surface area contributed by atoms with Gasteiger partial charge in [0.2, 0.25) is 0 Å². The maximum absolute atomic E-state index is 3.48. The first kappa shape index (κ1) is 16.9. The Morgan fingerprint density at radius 2 is 1.90 bits per heavy atom. The third kappa shape index (κ3) is 4.52. The standard InChI is InChI=1S/C17H31N3S/c1-5-11-18-12-15-7-8-16(21-15)13-20(4)14-17(19(2)3)9-6-10-17/h7-8,18H,5-6,9-14H2,1-4H3. The largest absolute Gasteiger partial charge is 0.312 e. The molecule has 1 fully saturated rings. The zero-order chi connectivity index (χ0) is 15.3. The monoisotopic (exact) mass is 309 g/mol. The normalized spacial score (nSPS) is 17.4. The molecule has 1 aliphatic carbocycles. The Morgan fingerprint density at radius 1 is 1.19 bits per heavy atom. The summed E-state index contributed by atoms with van der Waals surface area (Å²) in [5.74, 6) is 0. The first-order valence-corrected chi connectivity index (χ1v) is 9.02. The van der Waals surface area contributed by atoms with Crippen LogP contribution in [-0.2, 0) is 13.1 Å². The summed E-state index contributed by atoms with van der Waals surface area (Å²) in [6.07, 6.45) is 5.29. The number of nitrogens with zero attached hydrogens (tertiary/aromatic N) is 2. The van der Waals surface area contributed by atoms with Crippen LogP contribution in [0.25, 0.3) is 0 Å². The van der Waals surface area contributed by atoms with Crippen LogP contribution in [0, 0.1) is 0 Å². The quantitative estimate of drug-likeness (QED) is 0.707. The van der Waals surface area contributed by atoms with Gasteiger partial charge in [-0.1, -0.05) is 6.92 Å². The summed E-state index contributed by atoms with van der Waals surface area (Å²) in [4.78, 5) is 7.87. The van der Waals surface area contributed by atoms with Crippen molar-refractivity contribution in [2.45, 2.75) is 51.2 Å². The van der Waals surface area contributed by atoms with E-state index in [9.17, 15) is 0 Å². The van der Waals surface area contributed by atoms with Crippen molar-refractivity contribution in [2.24, 2.45) is 0 Å². The molecule has 1 N–H and O–H groups in total. The number of rotatable bonds is 9. The number of likely N-dealkylation sites (N-methyl/N-ethyl adjacent to an activating group) is 2. The summed E-state index contributed by atoms with van der Waals surface area (Å²) in [5.41, 5.74) is 0.428. The van der Waals surface area contributed by atoms with Gasteiger partial charge in [0.05, 0.1) is 0 Å². The molecule has 3 nitrogen and oxygen atoms in total. The molecular formula is C17H31N3S. The predicted octanol–water partition coefficient (Wildman–Crippen LogP) is 3.16. The van der Waals surface area contributed by atoms with Crippen molar-refractivity contribution >= 4 is 11.3 Å². The second kappa shape index (κ2) is 7.73. The van der Waals surface area contributed by atoms with Gasteiger partial charge < -0.3 is 10.2 Å². The second-order valence-electron chi connectivity index (χ2n) is 6.69. The summed E-state index contributed by atoms with van der Waals surface area (Å²) < 4.78 is 0. The Kier molecular flexibility index (Phi) is 6.23. The fourth-order valence-corrected chi connectivity index (χ4v) is 4.21. The molecule has 1 aromatic rings. The van der Waals surface area contributed by atoms with E-state index in [1.54, 1.807) is 0 Å². The van der Waals surface area contributed by atoms with E-state index in [2.05, 4.69) is 55.3 Å². The topological polar surface area (TPSA) is 18.5 Å². The highest BCUT2D eigenvalue weighted by Gasteiger charge is 2.39. The number of nitrogens with one attached hydrogen (secondary N) is 1. The van der Waals surface area contributed by atoms with Crippen LogP contribution < -0.4 is 5.32 Å². The molecule has 1 saturated carbocycles. The van der Waals surface area contributed by atoms with Crippen molar-refractivity contribution in [2.75, 3.05) is 34.2 Å². The lowest BCUT2D eigenvalue weighted by Crippen LogP contribution is -2.56. The van der Waals surface area contributed by atoms with Crippen LogP contribution in [0.15, 0.2) is 12.1 Å². The van der Waals surface area contributed by atoms with E-state index in [0.717, 1.165) is 19.6 Å². The van der Waals surface area contributed by atoms with Crippen molar-refractivity contribution in [3.8, 4) is 0 Å². The van der Waals surface area contributed by atoms with Crippen LogP contribution in [-0.4, -0.2) is 49.6 Å². The Bertz CT molecular complexity index is 423. The van der Waals surface area contributed by atoms with E-state index in [4.69, 9.17) is 0 Å². The van der Waals surface area contributed by atoms with Crippen LogP contribution in [0.3, 0.4) is 0 Å². The molecule has 21 heavy (non-hydrogen) atoms. The van der Waals surface area contributed by atoms with Gasteiger partial charge in [0.1, 0.15) is 0 Å². The minimum absolute atomic E-state index is 0.428. The first-order chi connectivity index (χ1) is 10.1.